The number of halogens is 1. The van der Waals surface area contributed by atoms with Crippen LogP contribution in [0.1, 0.15) is 31.2 Å². The van der Waals surface area contributed by atoms with Gasteiger partial charge in [-0.05, 0) is 30.4 Å². The van der Waals surface area contributed by atoms with Crippen LogP contribution in [0.15, 0.2) is 18.2 Å². The molecule has 3 nitrogen and oxygen atoms in total. The van der Waals surface area contributed by atoms with Crippen LogP contribution in [0.3, 0.4) is 0 Å². The third-order valence-corrected chi connectivity index (χ3v) is 5.69. The maximum Gasteiger partial charge on any atom is 0.142 e. The third-order valence-electron chi connectivity index (χ3n) is 4.40. The summed E-state index contributed by atoms with van der Waals surface area (Å²) in [6.45, 7) is 1.22. The number of ether oxygens (including phenoxy) is 2. The van der Waals surface area contributed by atoms with Crippen molar-refractivity contribution in [2.24, 2.45) is 5.73 Å². The van der Waals surface area contributed by atoms with E-state index in [1.165, 1.54) is 11.5 Å². The maximum atomic E-state index is 6.29. The van der Waals surface area contributed by atoms with Crippen LogP contribution in [0.25, 0.3) is 0 Å². The Balaban J connectivity index is 1.73. The molecule has 2 heterocycles. The Bertz CT molecular complexity index is 486. The monoisotopic (exact) mass is 327 g/mol. The number of hydrogen-bond acceptors (Lipinski definition) is 4. The third kappa shape index (κ3) is 3.50. The SMILES string of the molecule is NCc1cccc(Cl)c1OC1CCOC2(CCSCC2)C1. The molecule has 1 aromatic carbocycles. The molecule has 2 fully saturated rings. The van der Waals surface area contributed by atoms with Crippen molar-refractivity contribution < 1.29 is 9.47 Å². The van der Waals surface area contributed by atoms with Crippen molar-refractivity contribution in [3.8, 4) is 5.75 Å². The van der Waals surface area contributed by atoms with E-state index in [0.29, 0.717) is 11.6 Å². The largest absolute Gasteiger partial charge is 0.488 e. The first-order valence-corrected chi connectivity index (χ1v) is 9.11. The number of hydrogen-bond donors (Lipinski definition) is 1. The summed E-state index contributed by atoms with van der Waals surface area (Å²) in [6, 6.07) is 5.76. The first-order valence-electron chi connectivity index (χ1n) is 7.58. The number of rotatable bonds is 3. The molecule has 1 aromatic rings. The molecule has 0 saturated carbocycles. The topological polar surface area (TPSA) is 44.5 Å². The Hall–Kier alpha value is -0.420. The van der Waals surface area contributed by atoms with E-state index in [1.54, 1.807) is 0 Å². The van der Waals surface area contributed by atoms with Gasteiger partial charge in [0, 0.05) is 24.9 Å². The van der Waals surface area contributed by atoms with Crippen LogP contribution in [0.5, 0.6) is 5.75 Å². The molecule has 1 unspecified atom stereocenters. The van der Waals surface area contributed by atoms with Crippen molar-refractivity contribution in [2.45, 2.75) is 43.9 Å². The molecule has 2 N–H and O–H groups in total. The molecule has 0 radical (unpaired) electrons. The van der Waals surface area contributed by atoms with Gasteiger partial charge < -0.3 is 15.2 Å². The van der Waals surface area contributed by atoms with Gasteiger partial charge in [0.15, 0.2) is 0 Å². The molecule has 116 valence electrons. The van der Waals surface area contributed by atoms with Gasteiger partial charge in [-0.25, -0.2) is 0 Å². The van der Waals surface area contributed by atoms with Crippen LogP contribution in [0.2, 0.25) is 5.02 Å². The molecule has 3 rings (SSSR count). The molecule has 2 aliphatic heterocycles. The fourth-order valence-corrected chi connectivity index (χ4v) is 4.66. The Kier molecular flexibility index (Phi) is 4.99. The Morgan fingerprint density at radius 3 is 2.95 bits per heavy atom. The van der Waals surface area contributed by atoms with Gasteiger partial charge in [-0.3, -0.25) is 0 Å². The van der Waals surface area contributed by atoms with Crippen LogP contribution >= 0.6 is 23.4 Å². The van der Waals surface area contributed by atoms with Crippen molar-refractivity contribution in [2.75, 3.05) is 18.1 Å². The Labute approximate surface area is 135 Å². The molecular weight excluding hydrogens is 306 g/mol. The molecule has 0 aliphatic carbocycles. The van der Waals surface area contributed by atoms with Crippen molar-refractivity contribution in [3.63, 3.8) is 0 Å². The highest BCUT2D eigenvalue weighted by Crippen LogP contribution is 2.39. The van der Waals surface area contributed by atoms with Crippen LogP contribution < -0.4 is 10.5 Å². The molecule has 5 heteroatoms. The molecule has 0 aromatic heterocycles. The van der Waals surface area contributed by atoms with Crippen molar-refractivity contribution in [3.05, 3.63) is 28.8 Å². The minimum absolute atomic E-state index is 0.0261. The van der Waals surface area contributed by atoms with Crippen LogP contribution in [-0.4, -0.2) is 29.8 Å². The first kappa shape index (κ1) is 15.5. The van der Waals surface area contributed by atoms with Crippen LogP contribution in [0, 0.1) is 0 Å². The number of thioether (sulfide) groups is 1. The molecule has 2 saturated heterocycles. The normalized spacial score (nSPS) is 25.0. The minimum atomic E-state index is 0.0261. The zero-order valence-corrected chi connectivity index (χ0v) is 13.7. The van der Waals surface area contributed by atoms with Gasteiger partial charge in [0.05, 0.1) is 17.2 Å². The highest BCUT2D eigenvalue weighted by molar-refractivity contribution is 7.99. The van der Waals surface area contributed by atoms with E-state index < -0.39 is 0 Å². The Morgan fingerprint density at radius 1 is 1.38 bits per heavy atom. The molecule has 1 atom stereocenters. The van der Waals surface area contributed by atoms with Gasteiger partial charge in [0.2, 0.25) is 0 Å². The standard InChI is InChI=1S/C16H22ClNO2S/c17-14-3-1-2-12(11-18)15(14)20-13-4-7-19-16(10-13)5-8-21-9-6-16/h1-3,13H,4-11,18H2. The summed E-state index contributed by atoms with van der Waals surface area (Å²) < 4.78 is 12.3. The molecule has 0 bridgehead atoms. The van der Waals surface area contributed by atoms with Crippen LogP contribution in [-0.2, 0) is 11.3 Å². The second-order valence-electron chi connectivity index (χ2n) is 5.81. The summed E-state index contributed by atoms with van der Waals surface area (Å²) in [5.41, 5.74) is 6.80. The molecule has 0 amide bonds. The lowest BCUT2D eigenvalue weighted by molar-refractivity contribution is -0.116. The fraction of sp³-hybridized carbons (Fsp3) is 0.625. The molecule has 21 heavy (non-hydrogen) atoms. The van der Waals surface area contributed by atoms with E-state index in [2.05, 4.69) is 0 Å². The average molecular weight is 328 g/mol. The highest BCUT2D eigenvalue weighted by atomic mass is 35.5. The highest BCUT2D eigenvalue weighted by Gasteiger charge is 2.39. The lowest BCUT2D eigenvalue weighted by Crippen LogP contribution is -2.46. The van der Waals surface area contributed by atoms with Gasteiger partial charge in [-0.15, -0.1) is 0 Å². The van der Waals surface area contributed by atoms with E-state index >= 15 is 0 Å². The van der Waals surface area contributed by atoms with E-state index in [0.717, 1.165) is 43.6 Å². The number of para-hydroxylation sites is 1. The van der Waals surface area contributed by atoms with Gasteiger partial charge in [-0.2, -0.15) is 11.8 Å². The second-order valence-corrected chi connectivity index (χ2v) is 7.44. The minimum Gasteiger partial charge on any atom is -0.488 e. The van der Waals surface area contributed by atoms with E-state index in [4.69, 9.17) is 26.8 Å². The molecular formula is C16H22ClNO2S. The van der Waals surface area contributed by atoms with Crippen molar-refractivity contribution in [1.82, 2.24) is 0 Å². The summed E-state index contributed by atoms with van der Waals surface area (Å²) in [4.78, 5) is 0. The predicted molar refractivity (Wildman–Crippen MR) is 88.2 cm³/mol. The Morgan fingerprint density at radius 2 is 2.19 bits per heavy atom. The number of nitrogens with two attached hydrogens (primary N) is 1. The van der Waals surface area contributed by atoms with Gasteiger partial charge in [-0.1, -0.05) is 23.7 Å². The smallest absolute Gasteiger partial charge is 0.142 e. The second kappa shape index (κ2) is 6.78. The van der Waals surface area contributed by atoms with Crippen molar-refractivity contribution in [1.29, 1.82) is 0 Å². The summed E-state index contributed by atoms with van der Waals surface area (Å²) in [5.74, 6) is 3.13. The quantitative estimate of drug-likeness (QED) is 0.921. The van der Waals surface area contributed by atoms with Gasteiger partial charge in [0.25, 0.3) is 0 Å². The van der Waals surface area contributed by atoms with Gasteiger partial charge in [0.1, 0.15) is 11.9 Å². The maximum absolute atomic E-state index is 6.29. The summed E-state index contributed by atoms with van der Waals surface area (Å²) in [5, 5.41) is 0.651. The lowest BCUT2D eigenvalue weighted by atomic mass is 9.86. The first-order chi connectivity index (χ1) is 10.2. The molecule has 1 spiro atoms. The summed E-state index contributed by atoms with van der Waals surface area (Å²) in [6.07, 6.45) is 4.31. The molecule has 2 aliphatic rings. The van der Waals surface area contributed by atoms with Gasteiger partial charge >= 0.3 is 0 Å². The predicted octanol–water partition coefficient (Wildman–Crippen LogP) is 3.62. The average Bonchev–Trinajstić information content (AvgIpc) is 2.50. The number of benzene rings is 1. The van der Waals surface area contributed by atoms with Crippen molar-refractivity contribution >= 4 is 23.4 Å². The fourth-order valence-electron chi connectivity index (χ4n) is 3.19. The summed E-state index contributed by atoms with van der Waals surface area (Å²) >= 11 is 8.31. The lowest BCUT2D eigenvalue weighted by Gasteiger charge is -2.43. The zero-order chi connectivity index (χ0) is 14.7. The van der Waals surface area contributed by atoms with E-state index in [-0.39, 0.29) is 11.7 Å². The zero-order valence-electron chi connectivity index (χ0n) is 12.1. The summed E-state index contributed by atoms with van der Waals surface area (Å²) in [7, 11) is 0. The van der Waals surface area contributed by atoms with E-state index in [9.17, 15) is 0 Å². The van der Waals surface area contributed by atoms with E-state index in [1.807, 2.05) is 30.0 Å². The van der Waals surface area contributed by atoms with Crippen LogP contribution in [0.4, 0.5) is 0 Å².